The number of carbonyl (C=O) groups is 2. The van der Waals surface area contributed by atoms with Crippen molar-refractivity contribution in [3.8, 4) is 17.2 Å². The maximum absolute atomic E-state index is 13.0. The Labute approximate surface area is 193 Å². The molecule has 1 unspecified atom stereocenters. The summed E-state index contributed by atoms with van der Waals surface area (Å²) in [4.78, 5) is 27.3. The van der Waals surface area contributed by atoms with Gasteiger partial charge in [-0.2, -0.15) is 0 Å². The largest absolute Gasteiger partial charge is 0.507 e. The number of aliphatic hydroxyl groups excluding tert-OH is 1. The number of hydrogen-bond donors (Lipinski definition) is 1. The van der Waals surface area contributed by atoms with Crippen molar-refractivity contribution >= 4 is 17.4 Å². The van der Waals surface area contributed by atoms with E-state index < -0.39 is 17.7 Å². The lowest BCUT2D eigenvalue weighted by atomic mass is 9.95. The Bertz CT molecular complexity index is 1040. The Balaban J connectivity index is 2.12. The Kier molecular flexibility index (Phi) is 7.60. The van der Waals surface area contributed by atoms with Crippen LogP contribution in [-0.2, 0) is 14.3 Å². The van der Waals surface area contributed by atoms with Gasteiger partial charge in [-0.3, -0.25) is 9.59 Å². The highest BCUT2D eigenvalue weighted by Gasteiger charge is 2.46. The molecule has 0 aromatic heterocycles. The van der Waals surface area contributed by atoms with E-state index in [1.54, 1.807) is 42.5 Å². The molecule has 3 rings (SSSR count). The number of aliphatic hydroxyl groups is 1. The first-order chi connectivity index (χ1) is 15.8. The smallest absolute Gasteiger partial charge is 0.295 e. The van der Waals surface area contributed by atoms with Crippen LogP contribution in [0.25, 0.3) is 5.76 Å². The maximum Gasteiger partial charge on any atom is 0.295 e. The second kappa shape index (κ2) is 10.4. The molecule has 0 spiro atoms. The molecule has 0 aliphatic carbocycles. The summed E-state index contributed by atoms with van der Waals surface area (Å²) in [6, 6.07) is 11.0. The average Bonchev–Trinajstić information content (AvgIpc) is 3.06. The topological polar surface area (TPSA) is 94.5 Å². The van der Waals surface area contributed by atoms with Crippen LogP contribution in [-0.4, -0.2) is 62.3 Å². The normalized spacial score (nSPS) is 17.5. The summed E-state index contributed by atoms with van der Waals surface area (Å²) in [5.41, 5.74) is 1.01. The lowest BCUT2D eigenvalue weighted by Gasteiger charge is -2.25. The lowest BCUT2D eigenvalue weighted by Crippen LogP contribution is -2.32. The summed E-state index contributed by atoms with van der Waals surface area (Å²) >= 11 is 0. The highest BCUT2D eigenvalue weighted by molar-refractivity contribution is 6.46. The Hall–Kier alpha value is -3.52. The van der Waals surface area contributed by atoms with E-state index >= 15 is 0 Å². The number of rotatable bonds is 9. The number of hydrogen-bond acceptors (Lipinski definition) is 7. The van der Waals surface area contributed by atoms with Crippen LogP contribution in [0.1, 0.15) is 31.0 Å². The Morgan fingerprint density at radius 3 is 2.24 bits per heavy atom. The van der Waals surface area contributed by atoms with E-state index in [-0.39, 0.29) is 30.6 Å². The predicted octanol–water partition coefficient (Wildman–Crippen LogP) is 3.56. The molecule has 8 nitrogen and oxygen atoms in total. The van der Waals surface area contributed by atoms with Gasteiger partial charge in [-0.25, -0.2) is 0 Å². The van der Waals surface area contributed by atoms with Crippen molar-refractivity contribution in [3.05, 3.63) is 59.2 Å². The molecule has 1 aliphatic rings. The zero-order valence-electron chi connectivity index (χ0n) is 19.5. The standard InChI is InChI=1S/C25H29NO7/c1-15(2)33-18-9-6-16(7-10-18)23(27)21-22(26(12-13-30-3)25(29)24(21)28)17-8-11-19(31-4)20(14-17)32-5/h6-11,14-15,22,27H,12-13H2,1-5H3/b23-21-. The molecule has 0 radical (unpaired) electrons. The predicted molar refractivity (Wildman–Crippen MR) is 123 cm³/mol. The van der Waals surface area contributed by atoms with Crippen LogP contribution in [0, 0.1) is 0 Å². The average molecular weight is 456 g/mol. The lowest BCUT2D eigenvalue weighted by molar-refractivity contribution is -0.140. The fourth-order valence-corrected chi connectivity index (χ4v) is 3.79. The number of ketones is 1. The fraction of sp³-hybridized carbons (Fsp3) is 0.360. The third-order valence-corrected chi connectivity index (χ3v) is 5.30. The zero-order chi connectivity index (χ0) is 24.1. The Morgan fingerprint density at radius 2 is 1.67 bits per heavy atom. The van der Waals surface area contributed by atoms with E-state index in [0.29, 0.717) is 28.4 Å². The molecule has 1 N–H and O–H groups in total. The van der Waals surface area contributed by atoms with Gasteiger partial charge in [0.25, 0.3) is 11.7 Å². The van der Waals surface area contributed by atoms with Crippen molar-refractivity contribution < 1.29 is 33.6 Å². The van der Waals surface area contributed by atoms with E-state index in [9.17, 15) is 14.7 Å². The molecule has 33 heavy (non-hydrogen) atoms. The summed E-state index contributed by atoms with van der Waals surface area (Å²) in [7, 11) is 4.54. The first kappa shape index (κ1) is 24.1. The molecule has 8 heteroatoms. The second-order valence-corrected chi connectivity index (χ2v) is 7.79. The van der Waals surface area contributed by atoms with Crippen LogP contribution in [0.15, 0.2) is 48.0 Å². The number of carbonyl (C=O) groups excluding carboxylic acids is 2. The molecule has 176 valence electrons. The number of methoxy groups -OCH3 is 3. The van der Waals surface area contributed by atoms with Gasteiger partial charge >= 0.3 is 0 Å². The minimum absolute atomic E-state index is 0.000563. The number of ether oxygens (including phenoxy) is 4. The number of amides is 1. The van der Waals surface area contributed by atoms with Crippen molar-refractivity contribution in [2.45, 2.75) is 26.0 Å². The van der Waals surface area contributed by atoms with Gasteiger partial charge in [0.15, 0.2) is 11.5 Å². The van der Waals surface area contributed by atoms with Crippen LogP contribution < -0.4 is 14.2 Å². The summed E-state index contributed by atoms with van der Waals surface area (Å²) in [5, 5.41) is 11.1. The molecular weight excluding hydrogens is 426 g/mol. The fourth-order valence-electron chi connectivity index (χ4n) is 3.79. The highest BCUT2D eigenvalue weighted by Crippen LogP contribution is 2.41. The SMILES string of the molecule is COCCN1C(=O)C(=O)/C(=C(\O)c2ccc(OC(C)C)cc2)C1c1ccc(OC)c(OC)c1. The van der Waals surface area contributed by atoms with Crippen LogP contribution in [0.3, 0.4) is 0 Å². The molecular formula is C25H29NO7. The van der Waals surface area contributed by atoms with Crippen molar-refractivity contribution in [2.75, 3.05) is 34.5 Å². The van der Waals surface area contributed by atoms with E-state index in [1.807, 2.05) is 13.8 Å². The molecule has 0 bridgehead atoms. The van der Waals surface area contributed by atoms with Gasteiger partial charge in [-0.15, -0.1) is 0 Å². The summed E-state index contributed by atoms with van der Waals surface area (Å²) in [5.74, 6) is -0.125. The zero-order valence-corrected chi connectivity index (χ0v) is 19.5. The number of benzene rings is 2. The molecule has 1 amide bonds. The molecule has 2 aromatic carbocycles. The van der Waals surface area contributed by atoms with Crippen molar-refractivity contribution in [3.63, 3.8) is 0 Å². The molecule has 1 aliphatic heterocycles. The van der Waals surface area contributed by atoms with Gasteiger partial charge in [0.05, 0.1) is 38.5 Å². The quantitative estimate of drug-likeness (QED) is 0.351. The van der Waals surface area contributed by atoms with E-state index in [4.69, 9.17) is 18.9 Å². The minimum Gasteiger partial charge on any atom is -0.507 e. The van der Waals surface area contributed by atoms with Crippen LogP contribution in [0.4, 0.5) is 0 Å². The van der Waals surface area contributed by atoms with Crippen molar-refractivity contribution in [2.24, 2.45) is 0 Å². The minimum atomic E-state index is -0.813. The van der Waals surface area contributed by atoms with Gasteiger partial charge in [-0.1, -0.05) is 6.07 Å². The molecule has 1 fully saturated rings. The van der Waals surface area contributed by atoms with Gasteiger partial charge in [-0.05, 0) is 55.8 Å². The van der Waals surface area contributed by atoms with Crippen LogP contribution in [0.5, 0.6) is 17.2 Å². The first-order valence-electron chi connectivity index (χ1n) is 10.6. The van der Waals surface area contributed by atoms with Crippen LogP contribution in [0.2, 0.25) is 0 Å². The molecule has 1 atom stereocenters. The number of likely N-dealkylation sites (tertiary alicyclic amines) is 1. The van der Waals surface area contributed by atoms with Gasteiger partial charge in [0.2, 0.25) is 0 Å². The number of Topliss-reactive ketones (excluding diaryl/α,β-unsaturated/α-hetero) is 1. The third kappa shape index (κ3) is 4.96. The summed E-state index contributed by atoms with van der Waals surface area (Å²) in [6.45, 7) is 4.24. The van der Waals surface area contributed by atoms with Gasteiger partial charge in [0.1, 0.15) is 11.5 Å². The summed E-state index contributed by atoms with van der Waals surface area (Å²) in [6.07, 6.45) is 0.000563. The maximum atomic E-state index is 13.0. The van der Waals surface area contributed by atoms with E-state index in [2.05, 4.69) is 0 Å². The van der Waals surface area contributed by atoms with Gasteiger partial charge in [0, 0.05) is 19.2 Å². The van der Waals surface area contributed by atoms with E-state index in [1.165, 1.54) is 26.2 Å². The molecule has 1 saturated heterocycles. The second-order valence-electron chi connectivity index (χ2n) is 7.79. The van der Waals surface area contributed by atoms with Gasteiger partial charge < -0.3 is 29.0 Å². The van der Waals surface area contributed by atoms with Crippen molar-refractivity contribution in [1.82, 2.24) is 4.90 Å². The van der Waals surface area contributed by atoms with Crippen molar-refractivity contribution in [1.29, 1.82) is 0 Å². The third-order valence-electron chi connectivity index (χ3n) is 5.30. The number of nitrogens with zero attached hydrogens (tertiary/aromatic N) is 1. The highest BCUT2D eigenvalue weighted by atomic mass is 16.5. The first-order valence-corrected chi connectivity index (χ1v) is 10.6. The van der Waals surface area contributed by atoms with Crippen LogP contribution >= 0.6 is 0 Å². The molecule has 0 saturated carbocycles. The summed E-state index contributed by atoms with van der Waals surface area (Å²) < 4.78 is 21.5. The van der Waals surface area contributed by atoms with E-state index in [0.717, 1.165) is 0 Å². The molecule has 2 aromatic rings. The monoisotopic (exact) mass is 455 g/mol. The molecule has 1 heterocycles. The Morgan fingerprint density at radius 1 is 1.00 bits per heavy atom.